The summed E-state index contributed by atoms with van der Waals surface area (Å²) >= 11 is 0. The third kappa shape index (κ3) is 3.93. The maximum atomic E-state index is 14.5. The van der Waals surface area contributed by atoms with Crippen LogP contribution in [-0.4, -0.2) is 29.1 Å². The Morgan fingerprint density at radius 2 is 1.81 bits per heavy atom. The highest BCUT2D eigenvalue weighted by Gasteiger charge is 2.31. The van der Waals surface area contributed by atoms with E-state index in [2.05, 4.69) is 11.8 Å². The van der Waals surface area contributed by atoms with Crippen LogP contribution in [0.25, 0.3) is 0 Å². The Morgan fingerprint density at radius 1 is 1.15 bits per heavy atom. The Hall–Kier alpha value is -2.27. The molecule has 3 rings (SSSR count). The van der Waals surface area contributed by atoms with Crippen LogP contribution in [0.5, 0.6) is 0 Å². The summed E-state index contributed by atoms with van der Waals surface area (Å²) in [4.78, 5) is 13.3. The summed E-state index contributed by atoms with van der Waals surface area (Å²) in [5, 5.41) is 9.21. The van der Waals surface area contributed by atoms with Gasteiger partial charge in [-0.3, -0.25) is 9.69 Å². The predicted octanol–water partition coefficient (Wildman–Crippen LogP) is 4.41. The maximum Gasteiger partial charge on any atom is 0.306 e. The molecule has 1 atom stereocenters. The molecule has 0 amide bonds. The molecule has 1 aliphatic rings. The predicted molar refractivity (Wildman–Crippen MR) is 96.0 cm³/mol. The molecule has 3 nitrogen and oxygen atoms in total. The zero-order valence-corrected chi connectivity index (χ0v) is 14.8. The second kappa shape index (κ2) is 7.96. The summed E-state index contributed by atoms with van der Waals surface area (Å²) in [6, 6.07) is 11.3. The second-order valence-corrected chi connectivity index (χ2v) is 6.81. The van der Waals surface area contributed by atoms with Gasteiger partial charge in [-0.1, -0.05) is 37.3 Å². The molecular weight excluding hydrogens is 336 g/mol. The lowest BCUT2D eigenvalue weighted by atomic mass is 9.90. The largest absolute Gasteiger partial charge is 0.481 e. The van der Waals surface area contributed by atoms with E-state index in [4.69, 9.17) is 0 Å². The summed E-state index contributed by atoms with van der Waals surface area (Å²) in [6.07, 6.45) is 1.98. The van der Waals surface area contributed by atoms with Crippen molar-refractivity contribution in [2.45, 2.75) is 32.2 Å². The van der Waals surface area contributed by atoms with Crippen molar-refractivity contribution < 1.29 is 18.7 Å². The van der Waals surface area contributed by atoms with Gasteiger partial charge < -0.3 is 5.11 Å². The van der Waals surface area contributed by atoms with Crippen LogP contribution < -0.4 is 0 Å². The van der Waals surface area contributed by atoms with Crippen LogP contribution in [0.2, 0.25) is 0 Å². The number of nitrogens with zero attached hydrogens (tertiary/aromatic N) is 1. The molecule has 2 aromatic rings. The fourth-order valence-electron chi connectivity index (χ4n) is 3.65. The van der Waals surface area contributed by atoms with Crippen molar-refractivity contribution in [2.24, 2.45) is 5.92 Å². The summed E-state index contributed by atoms with van der Waals surface area (Å²) in [5.74, 6) is -2.31. The highest BCUT2D eigenvalue weighted by molar-refractivity contribution is 5.70. The first kappa shape index (κ1) is 18.5. The highest BCUT2D eigenvalue weighted by atomic mass is 19.1. The van der Waals surface area contributed by atoms with Crippen LogP contribution in [0.4, 0.5) is 8.78 Å². The van der Waals surface area contributed by atoms with E-state index in [9.17, 15) is 18.7 Å². The molecule has 1 aliphatic heterocycles. The maximum absolute atomic E-state index is 14.5. The topological polar surface area (TPSA) is 40.5 Å². The number of aryl methyl sites for hydroxylation is 1. The quantitative estimate of drug-likeness (QED) is 0.859. The number of aliphatic carboxylic acids is 1. The van der Waals surface area contributed by atoms with E-state index < -0.39 is 17.6 Å². The molecule has 26 heavy (non-hydrogen) atoms. The van der Waals surface area contributed by atoms with E-state index in [1.54, 1.807) is 0 Å². The van der Waals surface area contributed by atoms with Crippen molar-refractivity contribution >= 4 is 5.97 Å². The van der Waals surface area contributed by atoms with E-state index in [1.165, 1.54) is 17.7 Å². The number of halogens is 2. The zero-order valence-electron chi connectivity index (χ0n) is 14.8. The molecule has 1 saturated heterocycles. The van der Waals surface area contributed by atoms with E-state index in [1.807, 2.05) is 24.3 Å². The van der Waals surface area contributed by atoms with Crippen LogP contribution >= 0.6 is 0 Å². The average Bonchev–Trinajstić information content (AvgIpc) is 2.64. The van der Waals surface area contributed by atoms with Crippen LogP contribution in [0.3, 0.4) is 0 Å². The average molecular weight is 359 g/mol. The first-order valence-corrected chi connectivity index (χ1v) is 9.00. The lowest BCUT2D eigenvalue weighted by molar-refractivity contribution is -0.143. The van der Waals surface area contributed by atoms with Gasteiger partial charge >= 0.3 is 5.97 Å². The molecule has 0 saturated carbocycles. The van der Waals surface area contributed by atoms with Crippen LogP contribution in [-0.2, 0) is 11.2 Å². The Labute approximate surface area is 152 Å². The van der Waals surface area contributed by atoms with Crippen molar-refractivity contribution in [1.82, 2.24) is 4.90 Å². The lowest BCUT2D eigenvalue weighted by Gasteiger charge is -2.37. The first-order valence-electron chi connectivity index (χ1n) is 9.00. The number of piperidine rings is 1. The molecule has 1 heterocycles. The Balaban J connectivity index is 1.95. The Bertz CT molecular complexity index is 768. The van der Waals surface area contributed by atoms with Gasteiger partial charge in [0.1, 0.15) is 11.6 Å². The van der Waals surface area contributed by atoms with E-state index in [-0.39, 0.29) is 12.0 Å². The standard InChI is InChI=1S/C21H23F2NO2/c1-2-14-3-5-15(6-4-14)20(18-8-7-17(22)13-19(18)23)24-11-9-16(10-12-24)21(25)26/h3-8,13,16,20H,2,9-12H2,1H3,(H,25,26). The van der Waals surface area contributed by atoms with E-state index in [0.29, 0.717) is 31.5 Å². The third-order valence-electron chi connectivity index (χ3n) is 5.20. The van der Waals surface area contributed by atoms with Gasteiger partial charge in [0.05, 0.1) is 12.0 Å². The lowest BCUT2D eigenvalue weighted by Crippen LogP contribution is -2.39. The van der Waals surface area contributed by atoms with Crippen molar-refractivity contribution in [3.05, 3.63) is 70.8 Å². The van der Waals surface area contributed by atoms with Gasteiger partial charge in [-0.2, -0.15) is 0 Å². The van der Waals surface area contributed by atoms with Crippen molar-refractivity contribution in [3.8, 4) is 0 Å². The van der Waals surface area contributed by atoms with Gasteiger partial charge in [0.15, 0.2) is 0 Å². The summed E-state index contributed by atoms with van der Waals surface area (Å²) < 4.78 is 27.9. The molecule has 2 aromatic carbocycles. The fraction of sp³-hybridized carbons (Fsp3) is 0.381. The normalized spacial score (nSPS) is 17.2. The van der Waals surface area contributed by atoms with Gasteiger partial charge in [0, 0.05) is 11.6 Å². The number of carboxylic acids is 1. The highest BCUT2D eigenvalue weighted by Crippen LogP contribution is 2.34. The summed E-state index contributed by atoms with van der Waals surface area (Å²) in [7, 11) is 0. The van der Waals surface area contributed by atoms with Gasteiger partial charge in [-0.15, -0.1) is 0 Å². The van der Waals surface area contributed by atoms with Crippen LogP contribution in [0, 0.1) is 17.6 Å². The molecule has 138 valence electrons. The number of hydrogen-bond donors (Lipinski definition) is 1. The zero-order chi connectivity index (χ0) is 18.7. The minimum absolute atomic E-state index is 0.351. The minimum atomic E-state index is -0.776. The number of hydrogen-bond acceptors (Lipinski definition) is 2. The molecule has 1 unspecified atom stereocenters. The Morgan fingerprint density at radius 3 is 2.35 bits per heavy atom. The molecule has 1 N–H and O–H groups in total. The molecular formula is C21H23F2NO2. The molecule has 0 bridgehead atoms. The molecule has 0 radical (unpaired) electrons. The minimum Gasteiger partial charge on any atom is -0.481 e. The molecule has 0 aliphatic carbocycles. The van der Waals surface area contributed by atoms with Gasteiger partial charge in [-0.25, -0.2) is 8.78 Å². The smallest absolute Gasteiger partial charge is 0.306 e. The SMILES string of the molecule is CCc1ccc(C(c2ccc(F)cc2F)N2CCC(C(=O)O)CC2)cc1. The molecule has 1 fully saturated rings. The van der Waals surface area contributed by atoms with E-state index >= 15 is 0 Å². The fourth-order valence-corrected chi connectivity index (χ4v) is 3.65. The second-order valence-electron chi connectivity index (χ2n) is 6.81. The number of benzene rings is 2. The molecule has 5 heteroatoms. The number of likely N-dealkylation sites (tertiary alicyclic amines) is 1. The van der Waals surface area contributed by atoms with E-state index in [0.717, 1.165) is 18.1 Å². The summed E-state index contributed by atoms with van der Waals surface area (Å²) in [5.41, 5.74) is 2.54. The van der Waals surface area contributed by atoms with Crippen molar-refractivity contribution in [3.63, 3.8) is 0 Å². The van der Waals surface area contributed by atoms with Crippen LogP contribution in [0.15, 0.2) is 42.5 Å². The van der Waals surface area contributed by atoms with Gasteiger partial charge in [-0.05, 0) is 49.5 Å². The molecule has 0 aromatic heterocycles. The van der Waals surface area contributed by atoms with Crippen molar-refractivity contribution in [2.75, 3.05) is 13.1 Å². The third-order valence-corrected chi connectivity index (χ3v) is 5.20. The summed E-state index contributed by atoms with van der Waals surface area (Å²) in [6.45, 7) is 3.20. The van der Waals surface area contributed by atoms with Crippen LogP contribution in [0.1, 0.15) is 42.5 Å². The Kier molecular flexibility index (Phi) is 5.67. The number of carbonyl (C=O) groups is 1. The van der Waals surface area contributed by atoms with Gasteiger partial charge in [0.2, 0.25) is 0 Å². The van der Waals surface area contributed by atoms with Gasteiger partial charge in [0.25, 0.3) is 0 Å². The first-order chi connectivity index (χ1) is 12.5. The monoisotopic (exact) mass is 359 g/mol. The number of carboxylic acid groups (broad SMARTS) is 1. The number of rotatable bonds is 5. The van der Waals surface area contributed by atoms with Crippen molar-refractivity contribution in [1.29, 1.82) is 0 Å². The molecule has 0 spiro atoms.